The van der Waals surface area contributed by atoms with Crippen LogP contribution in [0.1, 0.15) is 38.1 Å². The van der Waals surface area contributed by atoms with Crippen molar-refractivity contribution < 1.29 is 9.47 Å². The maximum atomic E-state index is 13.7. The van der Waals surface area contributed by atoms with E-state index in [1.165, 1.54) is 12.8 Å². The minimum atomic E-state index is 0.109. The molecule has 3 aromatic rings. The van der Waals surface area contributed by atoms with Crippen LogP contribution in [0.4, 0.5) is 0 Å². The number of nitrogens with zero attached hydrogens (tertiary/aromatic N) is 2. The van der Waals surface area contributed by atoms with E-state index in [-0.39, 0.29) is 17.7 Å². The van der Waals surface area contributed by atoms with Gasteiger partial charge in [-0.15, -0.1) is 11.3 Å². The molecule has 2 aliphatic rings. The van der Waals surface area contributed by atoms with E-state index in [9.17, 15) is 4.79 Å². The molecular formula is C22H24N2O3S2. The maximum absolute atomic E-state index is 13.7. The second-order valence-corrected chi connectivity index (χ2v) is 9.46. The van der Waals surface area contributed by atoms with Crippen molar-refractivity contribution in [3.63, 3.8) is 0 Å². The molecule has 0 radical (unpaired) electrons. The smallest absolute Gasteiger partial charge is 0.263 e. The van der Waals surface area contributed by atoms with Gasteiger partial charge in [-0.25, -0.2) is 4.98 Å². The van der Waals surface area contributed by atoms with Crippen molar-refractivity contribution in [2.24, 2.45) is 0 Å². The van der Waals surface area contributed by atoms with Gasteiger partial charge in [0.25, 0.3) is 5.56 Å². The molecule has 0 N–H and O–H groups in total. The van der Waals surface area contributed by atoms with Crippen LogP contribution in [0, 0.1) is 0 Å². The molecule has 152 valence electrons. The first-order valence-corrected chi connectivity index (χ1v) is 12.1. The third-order valence-corrected chi connectivity index (χ3v) is 7.71. The molecule has 29 heavy (non-hydrogen) atoms. The fourth-order valence-electron chi connectivity index (χ4n) is 4.20. The van der Waals surface area contributed by atoms with E-state index in [1.807, 2.05) is 22.8 Å². The number of ether oxygens (including phenoxy) is 2. The molecule has 1 aliphatic carbocycles. The normalized spacial score (nSPS) is 20.5. The topological polar surface area (TPSA) is 53.4 Å². The lowest BCUT2D eigenvalue weighted by atomic mass is 10.1. The van der Waals surface area contributed by atoms with E-state index in [0.29, 0.717) is 6.79 Å². The van der Waals surface area contributed by atoms with Gasteiger partial charge in [-0.1, -0.05) is 54.9 Å². The van der Waals surface area contributed by atoms with E-state index in [1.54, 1.807) is 23.1 Å². The third-order valence-electron chi connectivity index (χ3n) is 5.75. The summed E-state index contributed by atoms with van der Waals surface area (Å²) < 4.78 is 13.0. The van der Waals surface area contributed by atoms with Crippen molar-refractivity contribution in [3.05, 3.63) is 46.1 Å². The van der Waals surface area contributed by atoms with Gasteiger partial charge < -0.3 is 9.47 Å². The molecule has 3 heterocycles. The minimum absolute atomic E-state index is 0.109. The molecule has 5 nitrogen and oxygen atoms in total. The lowest BCUT2D eigenvalue weighted by molar-refractivity contribution is -0.130. The van der Waals surface area contributed by atoms with Crippen LogP contribution in [0.3, 0.4) is 0 Å². The highest BCUT2D eigenvalue weighted by atomic mass is 32.2. The largest absolute Gasteiger partial charge is 0.355 e. The lowest BCUT2D eigenvalue weighted by Crippen LogP contribution is -2.28. The molecule has 1 saturated carbocycles. The standard InChI is InChI=1S/C22H24N2O3S2/c25-21-19-18(15-6-2-1-3-7-15)13-28-20(19)23-22(24(21)16-8-4-5-9-16)29-12-17-10-11-26-14-27-17/h1-3,6-7,13,16-17H,4-5,8-12,14H2/t17-/m0/s1. The van der Waals surface area contributed by atoms with Gasteiger partial charge in [-0.2, -0.15) is 0 Å². The van der Waals surface area contributed by atoms with Crippen LogP contribution in [0.2, 0.25) is 0 Å². The number of rotatable bonds is 5. The zero-order chi connectivity index (χ0) is 19.6. The molecule has 0 unspecified atom stereocenters. The number of hydrogen-bond donors (Lipinski definition) is 0. The summed E-state index contributed by atoms with van der Waals surface area (Å²) in [4.78, 5) is 19.5. The van der Waals surface area contributed by atoms with Crippen molar-refractivity contribution in [1.82, 2.24) is 9.55 Å². The fourth-order valence-corrected chi connectivity index (χ4v) is 6.32. The summed E-state index contributed by atoms with van der Waals surface area (Å²) in [6.45, 7) is 1.09. The molecular weight excluding hydrogens is 404 g/mol. The van der Waals surface area contributed by atoms with E-state index in [0.717, 1.165) is 58.1 Å². The average Bonchev–Trinajstić information content (AvgIpc) is 3.44. The molecule has 5 rings (SSSR count). The summed E-state index contributed by atoms with van der Waals surface area (Å²) in [7, 11) is 0. The summed E-state index contributed by atoms with van der Waals surface area (Å²) in [6.07, 6.45) is 5.51. The van der Waals surface area contributed by atoms with Crippen LogP contribution in [0.5, 0.6) is 0 Å². The molecule has 1 atom stereocenters. The predicted octanol–water partition coefficient (Wildman–Crippen LogP) is 5.10. The number of fused-ring (bicyclic) bond motifs is 1. The highest BCUT2D eigenvalue weighted by Gasteiger charge is 2.26. The molecule has 1 aliphatic heterocycles. The highest BCUT2D eigenvalue weighted by Crippen LogP contribution is 2.36. The zero-order valence-corrected chi connectivity index (χ0v) is 17.8. The van der Waals surface area contributed by atoms with Gasteiger partial charge in [0.2, 0.25) is 0 Å². The van der Waals surface area contributed by atoms with Gasteiger partial charge in [-0.05, 0) is 24.8 Å². The highest BCUT2D eigenvalue weighted by molar-refractivity contribution is 7.99. The Hall–Kier alpha value is -1.67. The van der Waals surface area contributed by atoms with Crippen molar-refractivity contribution >= 4 is 33.3 Å². The number of aromatic nitrogens is 2. The van der Waals surface area contributed by atoms with E-state index in [2.05, 4.69) is 17.5 Å². The Labute approximate surface area is 178 Å². The zero-order valence-electron chi connectivity index (χ0n) is 16.2. The van der Waals surface area contributed by atoms with Crippen molar-refractivity contribution in [3.8, 4) is 11.1 Å². The summed E-state index contributed by atoms with van der Waals surface area (Å²) in [5.41, 5.74) is 2.18. The summed E-state index contributed by atoms with van der Waals surface area (Å²) in [5, 5.41) is 3.68. The average molecular weight is 429 g/mol. The van der Waals surface area contributed by atoms with Crippen LogP contribution in [-0.2, 0) is 9.47 Å². The summed E-state index contributed by atoms with van der Waals surface area (Å²) in [5.74, 6) is 0.797. The first kappa shape index (κ1) is 19.3. The van der Waals surface area contributed by atoms with Crippen molar-refractivity contribution in [1.29, 1.82) is 0 Å². The first-order valence-electron chi connectivity index (χ1n) is 10.2. The maximum Gasteiger partial charge on any atom is 0.263 e. The molecule has 1 saturated heterocycles. The minimum Gasteiger partial charge on any atom is -0.355 e. The second kappa shape index (κ2) is 8.60. The van der Waals surface area contributed by atoms with Crippen LogP contribution in [-0.4, -0.2) is 34.8 Å². The predicted molar refractivity (Wildman–Crippen MR) is 118 cm³/mol. The van der Waals surface area contributed by atoms with Gasteiger partial charge in [-0.3, -0.25) is 9.36 Å². The van der Waals surface area contributed by atoms with Gasteiger partial charge in [0.1, 0.15) is 11.6 Å². The Bertz CT molecular complexity index is 1040. The van der Waals surface area contributed by atoms with Crippen molar-refractivity contribution in [2.75, 3.05) is 19.2 Å². The van der Waals surface area contributed by atoms with E-state index in [4.69, 9.17) is 14.5 Å². The van der Waals surface area contributed by atoms with Crippen LogP contribution >= 0.6 is 23.1 Å². The Balaban J connectivity index is 1.57. The second-order valence-electron chi connectivity index (χ2n) is 7.62. The molecule has 0 amide bonds. The van der Waals surface area contributed by atoms with Gasteiger partial charge in [0.15, 0.2) is 5.16 Å². The van der Waals surface area contributed by atoms with Crippen LogP contribution in [0.25, 0.3) is 21.3 Å². The monoisotopic (exact) mass is 428 g/mol. The summed E-state index contributed by atoms with van der Waals surface area (Å²) in [6, 6.07) is 10.4. The van der Waals surface area contributed by atoms with Gasteiger partial charge in [0, 0.05) is 22.7 Å². The van der Waals surface area contributed by atoms with E-state index >= 15 is 0 Å². The molecule has 2 fully saturated rings. The lowest BCUT2D eigenvalue weighted by Gasteiger charge is -2.23. The van der Waals surface area contributed by atoms with Gasteiger partial charge in [0.05, 0.1) is 18.1 Å². The van der Waals surface area contributed by atoms with E-state index < -0.39 is 0 Å². The number of benzene rings is 1. The molecule has 1 aromatic carbocycles. The number of hydrogen-bond acceptors (Lipinski definition) is 6. The summed E-state index contributed by atoms with van der Waals surface area (Å²) >= 11 is 3.21. The Morgan fingerprint density at radius 3 is 2.76 bits per heavy atom. The first-order chi connectivity index (χ1) is 14.3. The van der Waals surface area contributed by atoms with Crippen molar-refractivity contribution in [2.45, 2.75) is 49.4 Å². The third kappa shape index (κ3) is 3.89. The molecule has 2 aromatic heterocycles. The van der Waals surface area contributed by atoms with Gasteiger partial charge >= 0.3 is 0 Å². The Kier molecular flexibility index (Phi) is 5.72. The number of thioether (sulfide) groups is 1. The molecule has 0 spiro atoms. The fraction of sp³-hybridized carbons (Fsp3) is 0.455. The Morgan fingerprint density at radius 2 is 2.00 bits per heavy atom. The molecule has 0 bridgehead atoms. The quantitative estimate of drug-likeness (QED) is 0.418. The Morgan fingerprint density at radius 1 is 1.17 bits per heavy atom. The molecule has 7 heteroatoms. The van der Waals surface area contributed by atoms with Crippen LogP contribution < -0.4 is 5.56 Å². The number of thiophene rings is 1. The van der Waals surface area contributed by atoms with Crippen LogP contribution in [0.15, 0.2) is 45.7 Å². The SMILES string of the molecule is O=c1c2c(-c3ccccc3)csc2nc(SC[C@@H]2CCOCO2)n1C1CCCC1.